The fourth-order valence-corrected chi connectivity index (χ4v) is 2.97. The van der Waals surface area contributed by atoms with Gasteiger partial charge in [0.2, 0.25) is 5.91 Å². The third kappa shape index (κ3) is 5.93. The van der Waals surface area contributed by atoms with Crippen LogP contribution < -0.4 is 5.32 Å². The Morgan fingerprint density at radius 1 is 1.10 bits per heavy atom. The van der Waals surface area contributed by atoms with E-state index in [0.29, 0.717) is 5.91 Å². The first-order chi connectivity index (χ1) is 10.1. The number of likely N-dealkylation sites (N-methyl/N-ethyl adjacent to an activating group) is 1. The smallest absolute Gasteiger partial charge is 0.239 e. The molecule has 0 aromatic heterocycles. The molecular formula is C16H34N4O. The van der Waals surface area contributed by atoms with Crippen molar-refractivity contribution in [1.82, 2.24) is 20.0 Å². The molecule has 1 aliphatic heterocycles. The lowest BCUT2D eigenvalue weighted by atomic mass is 10.2. The summed E-state index contributed by atoms with van der Waals surface area (Å²) in [7, 11) is 0. The molecule has 0 bridgehead atoms. The standard InChI is InChI=1S/C16H34N4O/c1-5-18(6-2)11-8-12-19(7-3)15(4)16(21)20-13-9-17-10-14-20/h15,17H,5-14H2,1-4H3. The molecule has 1 unspecified atom stereocenters. The summed E-state index contributed by atoms with van der Waals surface area (Å²) in [4.78, 5) is 19.3. The number of nitrogens with one attached hydrogen (secondary N) is 1. The van der Waals surface area contributed by atoms with E-state index in [2.05, 4.69) is 42.8 Å². The van der Waals surface area contributed by atoms with Crippen LogP contribution in [0.25, 0.3) is 0 Å². The van der Waals surface area contributed by atoms with Gasteiger partial charge in [0, 0.05) is 32.7 Å². The van der Waals surface area contributed by atoms with Gasteiger partial charge >= 0.3 is 0 Å². The van der Waals surface area contributed by atoms with Crippen molar-refractivity contribution in [2.75, 3.05) is 58.9 Å². The first-order valence-electron chi connectivity index (χ1n) is 8.59. The first kappa shape index (κ1) is 18.4. The maximum absolute atomic E-state index is 12.6. The molecule has 0 aromatic rings. The average molecular weight is 298 g/mol. The van der Waals surface area contributed by atoms with E-state index in [-0.39, 0.29) is 6.04 Å². The van der Waals surface area contributed by atoms with Gasteiger partial charge in [-0.1, -0.05) is 20.8 Å². The van der Waals surface area contributed by atoms with E-state index in [4.69, 9.17) is 0 Å². The summed E-state index contributed by atoms with van der Waals surface area (Å²) in [5, 5.41) is 3.30. The van der Waals surface area contributed by atoms with E-state index < -0.39 is 0 Å². The monoisotopic (exact) mass is 298 g/mol. The molecule has 5 heteroatoms. The molecule has 0 aliphatic carbocycles. The van der Waals surface area contributed by atoms with Gasteiger partial charge in [0.15, 0.2) is 0 Å². The van der Waals surface area contributed by atoms with Crippen LogP contribution in [0.5, 0.6) is 0 Å². The number of hydrogen-bond acceptors (Lipinski definition) is 4. The summed E-state index contributed by atoms with van der Waals surface area (Å²) in [5.74, 6) is 0.293. The Labute approximate surface area is 130 Å². The molecule has 21 heavy (non-hydrogen) atoms. The molecule has 0 spiro atoms. The predicted molar refractivity (Wildman–Crippen MR) is 88.6 cm³/mol. The Morgan fingerprint density at radius 3 is 2.24 bits per heavy atom. The van der Waals surface area contributed by atoms with Crippen LogP contribution in [0.1, 0.15) is 34.1 Å². The zero-order valence-electron chi connectivity index (χ0n) is 14.4. The van der Waals surface area contributed by atoms with E-state index in [1.807, 2.05) is 4.90 Å². The van der Waals surface area contributed by atoms with E-state index in [9.17, 15) is 4.79 Å². The quantitative estimate of drug-likeness (QED) is 0.685. The Kier molecular flexibility index (Phi) is 8.88. The first-order valence-corrected chi connectivity index (χ1v) is 8.59. The van der Waals surface area contributed by atoms with Crippen molar-refractivity contribution in [1.29, 1.82) is 0 Å². The zero-order chi connectivity index (χ0) is 15.7. The third-order valence-corrected chi connectivity index (χ3v) is 4.55. The van der Waals surface area contributed by atoms with Gasteiger partial charge in [-0.05, 0) is 39.5 Å². The van der Waals surface area contributed by atoms with Crippen LogP contribution in [-0.2, 0) is 4.79 Å². The topological polar surface area (TPSA) is 38.8 Å². The Hall–Kier alpha value is -0.650. The molecule has 0 saturated carbocycles. The Balaban J connectivity index is 2.40. The minimum absolute atomic E-state index is 0.00445. The maximum atomic E-state index is 12.6. The van der Waals surface area contributed by atoms with Gasteiger partial charge < -0.3 is 15.1 Å². The molecule has 0 aromatic carbocycles. The van der Waals surface area contributed by atoms with Crippen molar-refractivity contribution in [3.8, 4) is 0 Å². The van der Waals surface area contributed by atoms with Crippen molar-refractivity contribution in [2.45, 2.75) is 40.2 Å². The molecule has 124 valence electrons. The number of carbonyl (C=O) groups is 1. The van der Waals surface area contributed by atoms with Crippen molar-refractivity contribution in [3.05, 3.63) is 0 Å². The minimum Gasteiger partial charge on any atom is -0.339 e. The van der Waals surface area contributed by atoms with E-state index in [0.717, 1.165) is 65.3 Å². The van der Waals surface area contributed by atoms with Crippen LogP contribution in [-0.4, -0.2) is 85.6 Å². The van der Waals surface area contributed by atoms with Crippen LogP contribution in [0.3, 0.4) is 0 Å². The molecule has 1 N–H and O–H groups in total. The zero-order valence-corrected chi connectivity index (χ0v) is 14.4. The fourth-order valence-electron chi connectivity index (χ4n) is 2.97. The van der Waals surface area contributed by atoms with Gasteiger partial charge in [0.05, 0.1) is 6.04 Å². The SMILES string of the molecule is CCN(CC)CCCN(CC)C(C)C(=O)N1CCNCC1. The minimum atomic E-state index is 0.00445. The van der Waals surface area contributed by atoms with Crippen molar-refractivity contribution < 1.29 is 4.79 Å². The molecule has 1 fully saturated rings. The highest BCUT2D eigenvalue weighted by Crippen LogP contribution is 2.07. The summed E-state index contributed by atoms with van der Waals surface area (Å²) in [6, 6.07) is 0.00445. The lowest BCUT2D eigenvalue weighted by Gasteiger charge is -2.34. The largest absolute Gasteiger partial charge is 0.339 e. The summed E-state index contributed by atoms with van der Waals surface area (Å²) in [6.45, 7) is 17.5. The number of amides is 1. The lowest BCUT2D eigenvalue weighted by molar-refractivity contribution is -0.137. The maximum Gasteiger partial charge on any atom is 0.239 e. The highest BCUT2D eigenvalue weighted by molar-refractivity contribution is 5.81. The second-order valence-corrected chi connectivity index (χ2v) is 5.76. The van der Waals surface area contributed by atoms with Crippen LogP contribution in [0, 0.1) is 0 Å². The highest BCUT2D eigenvalue weighted by Gasteiger charge is 2.25. The highest BCUT2D eigenvalue weighted by atomic mass is 16.2. The van der Waals surface area contributed by atoms with Crippen LogP contribution in [0.4, 0.5) is 0 Å². The number of piperazine rings is 1. The van der Waals surface area contributed by atoms with Gasteiger partial charge in [-0.25, -0.2) is 0 Å². The fraction of sp³-hybridized carbons (Fsp3) is 0.938. The molecule has 1 saturated heterocycles. The second kappa shape index (κ2) is 10.1. The van der Waals surface area contributed by atoms with Crippen molar-refractivity contribution >= 4 is 5.91 Å². The third-order valence-electron chi connectivity index (χ3n) is 4.55. The average Bonchev–Trinajstić information content (AvgIpc) is 2.55. The van der Waals surface area contributed by atoms with Crippen LogP contribution in [0.15, 0.2) is 0 Å². The number of rotatable bonds is 9. The Bertz CT molecular complexity index is 288. The van der Waals surface area contributed by atoms with E-state index in [1.165, 1.54) is 0 Å². The van der Waals surface area contributed by atoms with Crippen molar-refractivity contribution in [3.63, 3.8) is 0 Å². The Morgan fingerprint density at radius 2 is 1.71 bits per heavy atom. The number of hydrogen-bond donors (Lipinski definition) is 1. The van der Waals surface area contributed by atoms with E-state index in [1.54, 1.807) is 0 Å². The molecule has 1 rings (SSSR count). The number of carbonyl (C=O) groups excluding carboxylic acids is 1. The van der Waals surface area contributed by atoms with Crippen molar-refractivity contribution in [2.24, 2.45) is 0 Å². The molecule has 1 amide bonds. The summed E-state index contributed by atoms with van der Waals surface area (Å²) < 4.78 is 0. The van der Waals surface area contributed by atoms with Gasteiger partial charge in [0.1, 0.15) is 0 Å². The lowest BCUT2D eigenvalue weighted by Crippen LogP contribution is -2.53. The predicted octanol–water partition coefficient (Wildman–Crippen LogP) is 0.861. The summed E-state index contributed by atoms with van der Waals surface area (Å²) >= 11 is 0. The van der Waals surface area contributed by atoms with Crippen LogP contribution in [0.2, 0.25) is 0 Å². The molecule has 1 atom stereocenters. The van der Waals surface area contributed by atoms with Gasteiger partial charge in [-0.15, -0.1) is 0 Å². The second-order valence-electron chi connectivity index (χ2n) is 5.76. The van der Waals surface area contributed by atoms with Gasteiger partial charge in [-0.3, -0.25) is 9.69 Å². The molecular weight excluding hydrogens is 264 g/mol. The molecule has 1 heterocycles. The van der Waals surface area contributed by atoms with Crippen LogP contribution >= 0.6 is 0 Å². The normalized spacial score (nSPS) is 17.5. The summed E-state index contributed by atoms with van der Waals surface area (Å²) in [6.07, 6.45) is 1.13. The molecule has 1 aliphatic rings. The number of nitrogens with zero attached hydrogens (tertiary/aromatic N) is 3. The molecule has 5 nitrogen and oxygen atoms in total. The van der Waals surface area contributed by atoms with E-state index >= 15 is 0 Å². The van der Waals surface area contributed by atoms with Gasteiger partial charge in [0.25, 0.3) is 0 Å². The summed E-state index contributed by atoms with van der Waals surface area (Å²) in [5.41, 5.74) is 0. The molecule has 0 radical (unpaired) electrons. The van der Waals surface area contributed by atoms with Gasteiger partial charge in [-0.2, -0.15) is 0 Å².